The minimum Gasteiger partial charge on any atom is -0.463 e. The molecule has 20 nitrogen and oxygen atoms in total. The average molecular weight is 1180 g/mol. The van der Waals surface area contributed by atoms with E-state index in [0.29, 0.717) is 42.8 Å². The van der Waals surface area contributed by atoms with E-state index in [1.165, 1.54) is 25.3 Å². The molecule has 0 heterocycles. The van der Waals surface area contributed by atoms with Gasteiger partial charge in [0.1, 0.15) is 62.9 Å². The first-order chi connectivity index (χ1) is 40.9. The lowest BCUT2D eigenvalue weighted by molar-refractivity contribution is -0.151. The molecule has 1 aliphatic rings. The van der Waals surface area contributed by atoms with Gasteiger partial charge in [0.15, 0.2) is 0 Å². The molecular formula is C65H80O20. The molecule has 0 aliphatic heterocycles. The molecule has 0 saturated heterocycles. The van der Waals surface area contributed by atoms with Gasteiger partial charge in [-0.3, -0.25) is 24.0 Å². The number of esters is 8. The van der Waals surface area contributed by atoms with Gasteiger partial charge < -0.3 is 52.2 Å². The van der Waals surface area contributed by atoms with E-state index in [1.807, 2.05) is 64.1 Å². The van der Waals surface area contributed by atoms with Crippen LogP contribution in [0.15, 0.2) is 172 Å². The number of carbonyl (C=O) groups excluding carboxylic acids is 10. The van der Waals surface area contributed by atoms with E-state index in [4.69, 9.17) is 38.0 Å². The van der Waals surface area contributed by atoms with Crippen molar-refractivity contribution < 1.29 is 95.3 Å². The summed E-state index contributed by atoms with van der Waals surface area (Å²) in [7, 11) is 3.12. The van der Waals surface area contributed by atoms with E-state index < -0.39 is 47.8 Å². The second kappa shape index (κ2) is 50.3. The number of hydrogen-bond donors (Lipinski definition) is 0. The summed E-state index contributed by atoms with van der Waals surface area (Å²) in [6, 6.07) is 14.0. The van der Waals surface area contributed by atoms with E-state index in [2.05, 4.69) is 53.7 Å². The Hall–Kier alpha value is -9.40. The summed E-state index contributed by atoms with van der Waals surface area (Å²) in [5.74, 6) is -3.63. The van der Waals surface area contributed by atoms with Gasteiger partial charge in [-0.05, 0) is 97.0 Å². The summed E-state index contributed by atoms with van der Waals surface area (Å²) in [5, 5.41) is 0. The Morgan fingerprint density at radius 2 is 1.11 bits per heavy atom. The van der Waals surface area contributed by atoms with Crippen LogP contribution >= 0.6 is 0 Å². The number of allylic oxidation sites excluding steroid dienone is 10. The molecule has 3 rings (SSSR count). The maximum absolute atomic E-state index is 12.6. The molecule has 0 amide bonds. The van der Waals surface area contributed by atoms with Crippen molar-refractivity contribution in [2.45, 2.75) is 78.7 Å². The van der Waals surface area contributed by atoms with Crippen LogP contribution in [0.5, 0.6) is 5.75 Å². The van der Waals surface area contributed by atoms with Crippen LogP contribution in [0.4, 0.5) is 0 Å². The monoisotopic (exact) mass is 1180 g/mol. The van der Waals surface area contributed by atoms with Gasteiger partial charge in [0, 0.05) is 38.4 Å². The van der Waals surface area contributed by atoms with Gasteiger partial charge in [0.05, 0.1) is 44.0 Å². The first kappa shape index (κ1) is 77.7. The SMILES string of the molecule is C=CC(=O)OCCOC(=O)C=C.C=CC(=O)OCCOC(=O)CCC(=O)OC(=C)/C=C\C(=C/CC)c1ccc(C(=O)O/C(C=C)=C/CC(C)OC)cc1.C=CC=O.CC.COCCOC(=O)CCC(=O)Oc1ccc(C2=CCC(C=O)C=C2)cc1. The van der Waals surface area contributed by atoms with Gasteiger partial charge in [-0.1, -0.05) is 115 Å². The minimum atomic E-state index is -0.650. The quantitative estimate of drug-likeness (QED) is 0.00940. The Balaban J connectivity index is 0. The largest absolute Gasteiger partial charge is 0.463 e. The van der Waals surface area contributed by atoms with Gasteiger partial charge in [0.25, 0.3) is 0 Å². The van der Waals surface area contributed by atoms with Gasteiger partial charge in [0.2, 0.25) is 0 Å². The van der Waals surface area contributed by atoms with E-state index >= 15 is 0 Å². The number of hydrogen-bond acceptors (Lipinski definition) is 20. The number of methoxy groups -OCH3 is 2. The molecule has 2 unspecified atom stereocenters. The van der Waals surface area contributed by atoms with E-state index in [9.17, 15) is 43.2 Å². The lowest BCUT2D eigenvalue weighted by Crippen LogP contribution is -2.14. The zero-order valence-corrected chi connectivity index (χ0v) is 49.5. The fourth-order valence-corrected chi connectivity index (χ4v) is 5.83. The Bertz CT molecular complexity index is 2620. The third kappa shape index (κ3) is 39.6. The Kier molecular flexibility index (Phi) is 46.0. The van der Waals surface area contributed by atoms with Gasteiger partial charge in [-0.15, -0.1) is 0 Å². The molecule has 20 heteroatoms. The standard InChI is InChI=1S/C32H38O9.C20H22O6.C8H10O4.C3H4O.C2H6/c1-7-10-25(13-11-24(5)40-31(35)20-19-30(34)39-22-21-38-29(33)9-3)26-14-16-27(17-15-26)32(36)41-28(8-2)18-12-23(4)37-6;1-24-12-13-25-19(22)10-11-20(23)26-18-8-6-17(7-9-18)16-4-2-15(14-21)3-5-16;1-3-7(9)11-5-6-12-8(10)4-2;1-2-3-4;1-2/h8-11,13-18,23H,2-3,5,7,12,19-22H2,1,4,6H3;2,4-9,14-15H,3,10-13H2,1H3;3-4H,1-2,5-6H2;2-3H,1H2;1-2H3/b13-11-,25-10+,28-18+;;;;. The summed E-state index contributed by atoms with van der Waals surface area (Å²) in [6.45, 7) is 28.4. The third-order valence-corrected chi connectivity index (χ3v) is 10.1. The van der Waals surface area contributed by atoms with Crippen molar-refractivity contribution in [3.63, 3.8) is 0 Å². The van der Waals surface area contributed by atoms with E-state index in [1.54, 1.807) is 55.7 Å². The first-order valence-electron chi connectivity index (χ1n) is 26.7. The number of carbonyl (C=O) groups is 10. The number of rotatable bonds is 33. The average Bonchev–Trinajstić information content (AvgIpc) is 3.62. The molecule has 2 atom stereocenters. The molecule has 460 valence electrons. The second-order valence-corrected chi connectivity index (χ2v) is 16.4. The fourth-order valence-electron chi connectivity index (χ4n) is 5.83. The summed E-state index contributed by atoms with van der Waals surface area (Å²) >= 11 is 0. The first-order valence-corrected chi connectivity index (χ1v) is 26.7. The van der Waals surface area contributed by atoms with Gasteiger partial charge >= 0.3 is 47.8 Å². The highest BCUT2D eigenvalue weighted by Gasteiger charge is 2.15. The van der Waals surface area contributed by atoms with Crippen molar-refractivity contribution in [1.29, 1.82) is 0 Å². The fraction of sp³-hybridized carbons (Fsp3) is 0.323. The molecular weight excluding hydrogens is 1100 g/mol. The maximum atomic E-state index is 12.6. The van der Waals surface area contributed by atoms with Gasteiger partial charge in [-0.25, -0.2) is 19.2 Å². The second-order valence-electron chi connectivity index (χ2n) is 16.4. The van der Waals surface area contributed by atoms with Crippen LogP contribution in [-0.2, 0) is 85.8 Å². The van der Waals surface area contributed by atoms with Crippen molar-refractivity contribution in [1.82, 2.24) is 0 Å². The van der Waals surface area contributed by atoms with Crippen LogP contribution in [0.3, 0.4) is 0 Å². The Morgan fingerprint density at radius 1 is 0.612 bits per heavy atom. The number of ether oxygens (including phenoxy) is 10. The lowest BCUT2D eigenvalue weighted by Gasteiger charge is -2.11. The van der Waals surface area contributed by atoms with Crippen LogP contribution < -0.4 is 4.74 Å². The molecule has 0 aromatic heterocycles. The zero-order valence-electron chi connectivity index (χ0n) is 49.5. The molecule has 2 aromatic carbocycles. The molecule has 0 N–H and O–H groups in total. The molecule has 85 heavy (non-hydrogen) atoms. The predicted octanol–water partition coefficient (Wildman–Crippen LogP) is 10.4. The van der Waals surface area contributed by atoms with Crippen LogP contribution in [0, 0.1) is 5.92 Å². The minimum absolute atomic E-state index is 0.0172. The summed E-state index contributed by atoms with van der Waals surface area (Å²) in [5.41, 5.74) is 4.03. The van der Waals surface area contributed by atoms with Crippen molar-refractivity contribution >= 4 is 71.5 Å². The van der Waals surface area contributed by atoms with Crippen molar-refractivity contribution in [2.24, 2.45) is 5.92 Å². The van der Waals surface area contributed by atoms with Crippen molar-refractivity contribution in [2.75, 3.05) is 53.9 Å². The smallest absolute Gasteiger partial charge is 0.343 e. The summed E-state index contributed by atoms with van der Waals surface area (Å²) in [6.07, 6.45) is 21.6. The number of aldehydes is 2. The van der Waals surface area contributed by atoms with E-state index in [0.717, 1.165) is 53.2 Å². The molecule has 0 radical (unpaired) electrons. The molecule has 0 bridgehead atoms. The maximum Gasteiger partial charge on any atom is 0.343 e. The number of benzene rings is 2. The highest BCUT2D eigenvalue weighted by molar-refractivity contribution is 5.91. The van der Waals surface area contributed by atoms with Crippen LogP contribution in [-0.4, -0.2) is 120 Å². The Morgan fingerprint density at radius 3 is 1.55 bits per heavy atom. The van der Waals surface area contributed by atoms with Crippen LogP contribution in [0.25, 0.3) is 11.1 Å². The van der Waals surface area contributed by atoms with Crippen LogP contribution in [0.1, 0.15) is 94.1 Å². The summed E-state index contributed by atoms with van der Waals surface area (Å²) in [4.78, 5) is 111. The highest BCUT2D eigenvalue weighted by Crippen LogP contribution is 2.26. The summed E-state index contributed by atoms with van der Waals surface area (Å²) < 4.78 is 49.2. The van der Waals surface area contributed by atoms with Crippen molar-refractivity contribution in [3.05, 3.63) is 189 Å². The normalized spacial score (nSPS) is 12.3. The highest BCUT2D eigenvalue weighted by atomic mass is 16.6. The molecule has 0 saturated carbocycles. The Labute approximate surface area is 498 Å². The van der Waals surface area contributed by atoms with Crippen molar-refractivity contribution in [3.8, 4) is 5.75 Å². The molecule has 0 fully saturated rings. The van der Waals surface area contributed by atoms with Gasteiger partial charge in [-0.2, -0.15) is 0 Å². The molecule has 2 aromatic rings. The molecule has 1 aliphatic carbocycles. The lowest BCUT2D eigenvalue weighted by atomic mass is 9.94. The predicted molar refractivity (Wildman–Crippen MR) is 321 cm³/mol. The van der Waals surface area contributed by atoms with Crippen LogP contribution in [0.2, 0.25) is 0 Å². The third-order valence-electron chi connectivity index (χ3n) is 10.1. The molecule has 0 spiro atoms. The zero-order chi connectivity index (χ0) is 64.2. The topological polar surface area (TPSA) is 263 Å². The van der Waals surface area contributed by atoms with E-state index in [-0.39, 0.29) is 76.5 Å².